The molecular weight excluding hydrogens is 363 g/mol. The minimum absolute atomic E-state index is 0.0329. The molecule has 0 spiro atoms. The number of carbonyl (C=O) groups excluding carboxylic acids is 1. The number of aromatic hydroxyl groups is 1. The first kappa shape index (κ1) is 16.7. The van der Waals surface area contributed by atoms with Crippen LogP contribution in [0.15, 0.2) is 12.1 Å². The summed E-state index contributed by atoms with van der Waals surface area (Å²) in [5, 5.41) is 19.8. The summed E-state index contributed by atoms with van der Waals surface area (Å²) in [5.41, 5.74) is 0.682. The number of fused-ring (bicyclic) bond motifs is 1. The third kappa shape index (κ3) is 2.87. The molecule has 0 radical (unpaired) electrons. The lowest BCUT2D eigenvalue weighted by atomic mass is 9.95. The molecule has 0 bridgehead atoms. The van der Waals surface area contributed by atoms with E-state index in [1.807, 2.05) is 0 Å². The first-order valence-electron chi connectivity index (χ1n) is 8.36. The Morgan fingerprint density at radius 2 is 1.92 bits per heavy atom. The van der Waals surface area contributed by atoms with Gasteiger partial charge in [0.25, 0.3) is 0 Å². The van der Waals surface area contributed by atoms with E-state index in [2.05, 4.69) is 14.8 Å². The fourth-order valence-corrected chi connectivity index (χ4v) is 4.39. The fraction of sp³-hybridized carbons (Fsp3) is 0.471. The molecule has 2 aliphatic rings. The summed E-state index contributed by atoms with van der Waals surface area (Å²) in [5.74, 6) is 2.39. The molecule has 6 nitrogen and oxygen atoms in total. The van der Waals surface area contributed by atoms with Crippen LogP contribution >= 0.6 is 23.2 Å². The van der Waals surface area contributed by atoms with Crippen LogP contribution in [0.3, 0.4) is 0 Å². The van der Waals surface area contributed by atoms with Gasteiger partial charge >= 0.3 is 0 Å². The summed E-state index contributed by atoms with van der Waals surface area (Å²) in [6.45, 7) is 2.18. The van der Waals surface area contributed by atoms with Gasteiger partial charge in [-0.25, -0.2) is 0 Å². The van der Waals surface area contributed by atoms with Gasteiger partial charge in [-0.3, -0.25) is 4.79 Å². The fourth-order valence-electron chi connectivity index (χ4n) is 3.91. The number of rotatable bonds is 3. The molecule has 25 heavy (non-hydrogen) atoms. The van der Waals surface area contributed by atoms with Crippen LogP contribution in [0.25, 0.3) is 0 Å². The highest BCUT2D eigenvalue weighted by Gasteiger charge is 2.33. The molecule has 1 unspecified atom stereocenters. The van der Waals surface area contributed by atoms with E-state index in [4.69, 9.17) is 23.2 Å². The summed E-state index contributed by atoms with van der Waals surface area (Å²) in [6, 6.07) is 3.18. The van der Waals surface area contributed by atoms with Crippen LogP contribution in [0.2, 0.25) is 10.0 Å². The number of aromatic nitrogens is 3. The summed E-state index contributed by atoms with van der Waals surface area (Å²) in [6.07, 6.45) is 3.37. The Kier molecular flexibility index (Phi) is 4.33. The molecule has 1 aromatic heterocycles. The van der Waals surface area contributed by atoms with Crippen molar-refractivity contribution in [1.29, 1.82) is 0 Å². The minimum Gasteiger partial charge on any atom is -0.508 e. The van der Waals surface area contributed by atoms with Crippen molar-refractivity contribution in [2.45, 2.75) is 37.6 Å². The second kappa shape index (κ2) is 6.50. The number of carbonyl (C=O) groups is 1. The van der Waals surface area contributed by atoms with Gasteiger partial charge in [0, 0.05) is 43.5 Å². The molecular formula is C17H18Cl2N4O2. The van der Waals surface area contributed by atoms with Gasteiger partial charge in [0.1, 0.15) is 17.4 Å². The molecule has 4 rings (SSSR count). The van der Waals surface area contributed by atoms with E-state index in [0.717, 1.165) is 44.0 Å². The van der Waals surface area contributed by atoms with Gasteiger partial charge in [-0.15, -0.1) is 10.2 Å². The standard InChI is InChI=1S/C17H18Cl2N4O2/c18-12-1-2-13(25)15(16(12)19)11-7-14-20-21-17(23(14)8-11)10-3-5-22(9-24)6-4-10/h1-2,9-11,25H,3-8H2. The second-order valence-electron chi connectivity index (χ2n) is 6.70. The van der Waals surface area contributed by atoms with Crippen molar-refractivity contribution in [3.05, 3.63) is 39.4 Å². The van der Waals surface area contributed by atoms with Crippen LogP contribution in [-0.4, -0.2) is 44.3 Å². The molecule has 2 aromatic rings. The number of hydrogen-bond acceptors (Lipinski definition) is 4. The second-order valence-corrected chi connectivity index (χ2v) is 7.48. The lowest BCUT2D eigenvalue weighted by molar-refractivity contribution is -0.119. The maximum absolute atomic E-state index is 10.9. The molecule has 0 saturated carbocycles. The van der Waals surface area contributed by atoms with E-state index in [9.17, 15) is 9.90 Å². The molecule has 1 amide bonds. The molecule has 1 aromatic carbocycles. The highest BCUT2D eigenvalue weighted by atomic mass is 35.5. The lowest BCUT2D eigenvalue weighted by Crippen LogP contribution is -2.32. The Hall–Kier alpha value is -1.79. The van der Waals surface area contributed by atoms with Gasteiger partial charge in [-0.1, -0.05) is 23.2 Å². The molecule has 0 aliphatic carbocycles. The quantitative estimate of drug-likeness (QED) is 0.830. The van der Waals surface area contributed by atoms with Crippen LogP contribution in [-0.2, 0) is 17.8 Å². The predicted octanol–water partition coefficient (Wildman–Crippen LogP) is 2.97. The van der Waals surface area contributed by atoms with Gasteiger partial charge in [0.2, 0.25) is 6.41 Å². The van der Waals surface area contributed by atoms with E-state index in [-0.39, 0.29) is 11.7 Å². The van der Waals surface area contributed by atoms with E-state index >= 15 is 0 Å². The normalized spacial score (nSPS) is 20.7. The molecule has 2 aliphatic heterocycles. The van der Waals surface area contributed by atoms with E-state index < -0.39 is 0 Å². The largest absolute Gasteiger partial charge is 0.508 e. The van der Waals surface area contributed by atoms with Gasteiger partial charge in [-0.2, -0.15) is 0 Å². The van der Waals surface area contributed by atoms with Crippen molar-refractivity contribution in [1.82, 2.24) is 19.7 Å². The van der Waals surface area contributed by atoms with Crippen LogP contribution < -0.4 is 0 Å². The SMILES string of the molecule is O=CN1CCC(c2nnc3n2CC(c2c(O)ccc(Cl)c2Cl)C3)CC1. The predicted molar refractivity (Wildman–Crippen MR) is 94.2 cm³/mol. The highest BCUT2D eigenvalue weighted by Crippen LogP contribution is 2.42. The Bertz CT molecular complexity index is 815. The van der Waals surface area contributed by atoms with Crippen molar-refractivity contribution >= 4 is 29.6 Å². The van der Waals surface area contributed by atoms with Gasteiger partial charge in [0.05, 0.1) is 10.0 Å². The number of phenols is 1. The first-order valence-corrected chi connectivity index (χ1v) is 9.12. The minimum atomic E-state index is 0.0329. The number of hydrogen-bond donors (Lipinski definition) is 1. The average Bonchev–Trinajstić information content (AvgIpc) is 3.19. The zero-order chi connectivity index (χ0) is 17.6. The monoisotopic (exact) mass is 380 g/mol. The topological polar surface area (TPSA) is 71.2 Å². The van der Waals surface area contributed by atoms with Crippen LogP contribution in [0.5, 0.6) is 5.75 Å². The van der Waals surface area contributed by atoms with E-state index in [1.165, 1.54) is 0 Å². The molecule has 8 heteroatoms. The van der Waals surface area contributed by atoms with E-state index in [1.54, 1.807) is 17.0 Å². The number of benzene rings is 1. The summed E-state index contributed by atoms with van der Waals surface area (Å²) in [4.78, 5) is 12.7. The first-order chi connectivity index (χ1) is 12.1. The molecule has 1 fully saturated rings. The molecule has 1 atom stereocenters. The molecule has 1 N–H and O–H groups in total. The Morgan fingerprint density at radius 1 is 1.16 bits per heavy atom. The summed E-state index contributed by atoms with van der Waals surface area (Å²) < 4.78 is 2.14. The Labute approximate surface area is 155 Å². The van der Waals surface area contributed by atoms with Crippen molar-refractivity contribution in [3.63, 3.8) is 0 Å². The number of halogens is 2. The highest BCUT2D eigenvalue weighted by molar-refractivity contribution is 6.42. The van der Waals surface area contributed by atoms with Crippen molar-refractivity contribution in [2.24, 2.45) is 0 Å². The average molecular weight is 381 g/mol. The van der Waals surface area contributed by atoms with Crippen molar-refractivity contribution in [2.75, 3.05) is 13.1 Å². The third-order valence-corrected chi connectivity index (χ3v) is 6.07. The molecule has 1 saturated heterocycles. The smallest absolute Gasteiger partial charge is 0.209 e. The summed E-state index contributed by atoms with van der Waals surface area (Å²) in [7, 11) is 0. The zero-order valence-corrected chi connectivity index (χ0v) is 15.0. The number of phenolic OH excluding ortho intramolecular Hbond substituents is 1. The maximum atomic E-state index is 10.9. The zero-order valence-electron chi connectivity index (χ0n) is 13.5. The third-order valence-electron chi connectivity index (χ3n) is 5.25. The van der Waals surface area contributed by atoms with Gasteiger partial charge in [-0.05, 0) is 25.0 Å². The number of likely N-dealkylation sites (tertiary alicyclic amines) is 1. The van der Waals surface area contributed by atoms with E-state index in [0.29, 0.717) is 34.5 Å². The number of amides is 1. The Morgan fingerprint density at radius 3 is 2.64 bits per heavy atom. The van der Waals surface area contributed by atoms with Gasteiger partial charge < -0.3 is 14.6 Å². The number of nitrogens with zero attached hydrogens (tertiary/aromatic N) is 4. The molecule has 3 heterocycles. The van der Waals surface area contributed by atoms with Crippen LogP contribution in [0.4, 0.5) is 0 Å². The van der Waals surface area contributed by atoms with Crippen molar-refractivity contribution in [3.8, 4) is 5.75 Å². The number of piperidine rings is 1. The van der Waals surface area contributed by atoms with Gasteiger partial charge in [0.15, 0.2) is 0 Å². The maximum Gasteiger partial charge on any atom is 0.209 e. The Balaban J connectivity index is 1.58. The summed E-state index contributed by atoms with van der Waals surface area (Å²) >= 11 is 12.5. The van der Waals surface area contributed by atoms with Crippen LogP contribution in [0, 0.1) is 0 Å². The van der Waals surface area contributed by atoms with Crippen molar-refractivity contribution < 1.29 is 9.90 Å². The lowest BCUT2D eigenvalue weighted by Gasteiger charge is -2.28. The van der Waals surface area contributed by atoms with Crippen LogP contribution in [0.1, 0.15) is 41.9 Å². The molecule has 132 valence electrons.